The van der Waals surface area contributed by atoms with Gasteiger partial charge in [-0.1, -0.05) is 32.9 Å². The molecule has 1 fully saturated rings. The van der Waals surface area contributed by atoms with Gasteiger partial charge in [0.15, 0.2) is 0 Å². The van der Waals surface area contributed by atoms with Crippen molar-refractivity contribution in [2.45, 2.75) is 45.6 Å². The number of sulfonamides is 1. The molecule has 1 aromatic carbocycles. The van der Waals surface area contributed by atoms with Crippen molar-refractivity contribution in [3.8, 4) is 0 Å². The minimum absolute atomic E-state index is 0.117. The number of benzene rings is 1. The third-order valence-electron chi connectivity index (χ3n) is 4.56. The molecule has 0 amide bonds. The molecule has 1 unspecified atom stereocenters. The van der Waals surface area contributed by atoms with E-state index in [2.05, 4.69) is 20.8 Å². The van der Waals surface area contributed by atoms with Gasteiger partial charge in [-0.3, -0.25) is 0 Å². The van der Waals surface area contributed by atoms with Crippen molar-refractivity contribution in [1.29, 1.82) is 0 Å². The molecule has 1 heterocycles. The van der Waals surface area contributed by atoms with Crippen LogP contribution in [0.5, 0.6) is 0 Å². The summed E-state index contributed by atoms with van der Waals surface area (Å²) in [6.07, 6.45) is 0.904. The molecule has 1 atom stereocenters. The Morgan fingerprint density at radius 2 is 2.00 bits per heavy atom. The first-order valence-corrected chi connectivity index (χ1v) is 8.81. The Labute approximate surface area is 127 Å². The van der Waals surface area contributed by atoms with Gasteiger partial charge < -0.3 is 5.11 Å². The van der Waals surface area contributed by atoms with Crippen molar-refractivity contribution in [3.63, 3.8) is 0 Å². The average molecular weight is 311 g/mol. The standard InChI is InChI=1S/C16H25NO3S/c1-12-13(11-18)6-5-7-15(12)21(19,20)17-9-8-14(10-17)16(2,3)4/h5-7,14,18H,8-11H2,1-4H3. The van der Waals surface area contributed by atoms with E-state index >= 15 is 0 Å². The van der Waals surface area contributed by atoms with Crippen LogP contribution in [0.4, 0.5) is 0 Å². The molecular formula is C16H25NO3S. The smallest absolute Gasteiger partial charge is 0.243 e. The fourth-order valence-corrected chi connectivity index (χ4v) is 4.67. The van der Waals surface area contributed by atoms with E-state index in [1.54, 1.807) is 29.4 Å². The van der Waals surface area contributed by atoms with Crippen molar-refractivity contribution < 1.29 is 13.5 Å². The first-order chi connectivity index (χ1) is 9.67. The average Bonchev–Trinajstić information content (AvgIpc) is 2.89. The fourth-order valence-electron chi connectivity index (χ4n) is 2.90. The third-order valence-corrected chi connectivity index (χ3v) is 6.57. The van der Waals surface area contributed by atoms with Gasteiger partial charge in [0.2, 0.25) is 10.0 Å². The Bertz CT molecular complexity index is 617. The number of hydrogen-bond donors (Lipinski definition) is 1. The van der Waals surface area contributed by atoms with Crippen LogP contribution >= 0.6 is 0 Å². The van der Waals surface area contributed by atoms with Gasteiger partial charge in [0.1, 0.15) is 0 Å². The van der Waals surface area contributed by atoms with Crippen molar-refractivity contribution in [3.05, 3.63) is 29.3 Å². The summed E-state index contributed by atoms with van der Waals surface area (Å²) in [6.45, 7) is 9.25. The molecule has 1 aliphatic rings. The lowest BCUT2D eigenvalue weighted by Crippen LogP contribution is -2.31. The highest BCUT2D eigenvalue weighted by Crippen LogP contribution is 2.36. The summed E-state index contributed by atoms with van der Waals surface area (Å²) in [4.78, 5) is 0.323. The lowest BCUT2D eigenvalue weighted by atomic mass is 9.80. The molecule has 0 saturated carbocycles. The van der Waals surface area contributed by atoms with E-state index in [4.69, 9.17) is 0 Å². The SMILES string of the molecule is Cc1c(CO)cccc1S(=O)(=O)N1CCC(C(C)(C)C)C1. The Morgan fingerprint density at radius 3 is 2.52 bits per heavy atom. The Morgan fingerprint density at radius 1 is 1.33 bits per heavy atom. The van der Waals surface area contributed by atoms with Crippen LogP contribution in [0.2, 0.25) is 0 Å². The molecule has 1 aromatic rings. The highest BCUT2D eigenvalue weighted by molar-refractivity contribution is 7.89. The predicted molar refractivity (Wildman–Crippen MR) is 83.4 cm³/mol. The van der Waals surface area contributed by atoms with Crippen LogP contribution in [0.1, 0.15) is 38.3 Å². The zero-order valence-corrected chi connectivity index (χ0v) is 14.1. The molecule has 2 rings (SSSR count). The lowest BCUT2D eigenvalue weighted by Gasteiger charge is -2.27. The summed E-state index contributed by atoms with van der Waals surface area (Å²) in [7, 11) is -3.47. The van der Waals surface area contributed by atoms with Crippen LogP contribution in [-0.4, -0.2) is 30.9 Å². The van der Waals surface area contributed by atoms with Crippen molar-refractivity contribution in [2.24, 2.45) is 11.3 Å². The molecule has 0 radical (unpaired) electrons. The number of nitrogens with zero attached hydrogens (tertiary/aromatic N) is 1. The first-order valence-electron chi connectivity index (χ1n) is 7.37. The fraction of sp³-hybridized carbons (Fsp3) is 0.625. The van der Waals surface area contributed by atoms with Crippen LogP contribution < -0.4 is 0 Å². The summed E-state index contributed by atoms with van der Waals surface area (Å²) in [6, 6.07) is 5.09. The van der Waals surface area contributed by atoms with E-state index < -0.39 is 10.0 Å². The molecule has 4 nitrogen and oxygen atoms in total. The van der Waals surface area contributed by atoms with Crippen LogP contribution in [0.15, 0.2) is 23.1 Å². The normalized spacial score (nSPS) is 20.9. The topological polar surface area (TPSA) is 57.6 Å². The van der Waals surface area contributed by atoms with Crippen molar-refractivity contribution in [2.75, 3.05) is 13.1 Å². The van der Waals surface area contributed by atoms with Gasteiger partial charge >= 0.3 is 0 Å². The second-order valence-electron chi connectivity index (χ2n) is 6.91. The first kappa shape index (κ1) is 16.5. The van der Waals surface area contributed by atoms with Crippen LogP contribution in [0.25, 0.3) is 0 Å². The summed E-state index contributed by atoms with van der Waals surface area (Å²) in [5, 5.41) is 9.31. The monoisotopic (exact) mass is 311 g/mol. The zero-order chi connectivity index (χ0) is 15.8. The molecule has 0 bridgehead atoms. The lowest BCUT2D eigenvalue weighted by molar-refractivity contribution is 0.252. The number of rotatable bonds is 3. The van der Waals surface area contributed by atoms with Gasteiger partial charge in [-0.25, -0.2) is 8.42 Å². The number of aliphatic hydroxyl groups excluding tert-OH is 1. The molecule has 1 aliphatic heterocycles. The predicted octanol–water partition coefficient (Wildman–Crippen LogP) is 2.54. The molecule has 0 aromatic heterocycles. The van der Waals surface area contributed by atoms with Gasteiger partial charge in [0.25, 0.3) is 0 Å². The summed E-state index contributed by atoms with van der Waals surface area (Å²) >= 11 is 0. The van der Waals surface area contributed by atoms with Crippen LogP contribution in [-0.2, 0) is 16.6 Å². The Kier molecular flexibility index (Phi) is 4.47. The maximum Gasteiger partial charge on any atom is 0.243 e. The summed E-state index contributed by atoms with van der Waals surface area (Å²) in [5.41, 5.74) is 1.44. The quantitative estimate of drug-likeness (QED) is 0.933. The highest BCUT2D eigenvalue weighted by Gasteiger charge is 2.38. The minimum Gasteiger partial charge on any atom is -0.392 e. The minimum atomic E-state index is -3.47. The maximum atomic E-state index is 12.8. The molecule has 0 aliphatic carbocycles. The Hall–Kier alpha value is -0.910. The number of hydrogen-bond acceptors (Lipinski definition) is 3. The maximum absolute atomic E-state index is 12.8. The second kappa shape index (κ2) is 5.71. The molecular weight excluding hydrogens is 286 g/mol. The van der Waals surface area contributed by atoms with E-state index in [1.807, 2.05) is 0 Å². The number of aliphatic hydroxyl groups is 1. The Balaban J connectivity index is 2.32. The molecule has 0 spiro atoms. The van der Waals surface area contributed by atoms with Gasteiger partial charge in [-0.05, 0) is 41.9 Å². The van der Waals surface area contributed by atoms with E-state index in [0.29, 0.717) is 35.0 Å². The molecule has 1 N–H and O–H groups in total. The van der Waals surface area contributed by atoms with Crippen LogP contribution in [0, 0.1) is 18.3 Å². The second-order valence-corrected chi connectivity index (χ2v) is 8.82. The molecule has 5 heteroatoms. The zero-order valence-electron chi connectivity index (χ0n) is 13.3. The van der Waals surface area contributed by atoms with Crippen LogP contribution in [0.3, 0.4) is 0 Å². The van der Waals surface area contributed by atoms with E-state index in [-0.39, 0.29) is 12.0 Å². The molecule has 1 saturated heterocycles. The summed E-state index contributed by atoms with van der Waals surface area (Å²) < 4.78 is 27.3. The highest BCUT2D eigenvalue weighted by atomic mass is 32.2. The van der Waals surface area contributed by atoms with Gasteiger partial charge in [-0.2, -0.15) is 4.31 Å². The van der Waals surface area contributed by atoms with Gasteiger partial charge in [0, 0.05) is 13.1 Å². The summed E-state index contributed by atoms with van der Waals surface area (Å²) in [5.74, 6) is 0.383. The molecule has 21 heavy (non-hydrogen) atoms. The molecule has 118 valence electrons. The van der Waals surface area contributed by atoms with Crippen molar-refractivity contribution >= 4 is 10.0 Å². The largest absolute Gasteiger partial charge is 0.392 e. The van der Waals surface area contributed by atoms with E-state index in [9.17, 15) is 13.5 Å². The van der Waals surface area contributed by atoms with Gasteiger partial charge in [0.05, 0.1) is 11.5 Å². The van der Waals surface area contributed by atoms with Crippen molar-refractivity contribution in [1.82, 2.24) is 4.31 Å². The van der Waals surface area contributed by atoms with E-state index in [0.717, 1.165) is 6.42 Å². The van der Waals surface area contributed by atoms with E-state index in [1.165, 1.54) is 0 Å². The van der Waals surface area contributed by atoms with Gasteiger partial charge in [-0.15, -0.1) is 0 Å². The third kappa shape index (κ3) is 3.15.